The number of hydrogen-bond donors (Lipinski definition) is 1. The normalized spacial score (nSPS) is 10.9. The van der Waals surface area contributed by atoms with Crippen LogP contribution in [0.3, 0.4) is 0 Å². The topological polar surface area (TPSA) is 43.8 Å². The van der Waals surface area contributed by atoms with Crippen LogP contribution in [-0.2, 0) is 13.5 Å². The van der Waals surface area contributed by atoms with Gasteiger partial charge in [-0.2, -0.15) is 5.10 Å². The molecule has 0 fully saturated rings. The summed E-state index contributed by atoms with van der Waals surface area (Å²) in [7, 11) is 1.72. The minimum Gasteiger partial charge on any atom is -0.383 e. The largest absolute Gasteiger partial charge is 0.383 e. The van der Waals surface area contributed by atoms with Gasteiger partial charge in [-0.05, 0) is 24.1 Å². The molecule has 0 bridgehead atoms. The fraction of sp³-hybridized carbons (Fsp3) is 0.308. The minimum atomic E-state index is -0.615. The van der Waals surface area contributed by atoms with Crippen LogP contribution in [0.2, 0.25) is 0 Å². The van der Waals surface area contributed by atoms with Crippen LogP contribution in [0.5, 0.6) is 0 Å². The van der Waals surface area contributed by atoms with Gasteiger partial charge in [-0.1, -0.05) is 13.3 Å². The maximum atomic E-state index is 13.3. The first kappa shape index (κ1) is 12.5. The van der Waals surface area contributed by atoms with Crippen LogP contribution < -0.4 is 5.73 Å². The lowest BCUT2D eigenvalue weighted by atomic mass is 10.0. The van der Waals surface area contributed by atoms with Crippen molar-refractivity contribution in [3.05, 3.63) is 35.5 Å². The zero-order chi connectivity index (χ0) is 13.3. The minimum absolute atomic E-state index is 0.420. The predicted octanol–water partition coefficient (Wildman–Crippen LogP) is 2.90. The van der Waals surface area contributed by atoms with Gasteiger partial charge in [0.05, 0.1) is 5.69 Å². The molecule has 0 atom stereocenters. The molecule has 0 unspecified atom stereocenters. The summed E-state index contributed by atoms with van der Waals surface area (Å²) in [6.07, 6.45) is 1.61. The van der Waals surface area contributed by atoms with E-state index in [1.807, 2.05) is 6.92 Å². The van der Waals surface area contributed by atoms with E-state index in [4.69, 9.17) is 5.73 Å². The molecule has 1 heterocycles. The molecule has 0 spiro atoms. The van der Waals surface area contributed by atoms with E-state index >= 15 is 0 Å². The van der Waals surface area contributed by atoms with Gasteiger partial charge >= 0.3 is 0 Å². The van der Waals surface area contributed by atoms with Gasteiger partial charge in [0.15, 0.2) is 0 Å². The van der Waals surface area contributed by atoms with E-state index in [-0.39, 0.29) is 0 Å². The summed E-state index contributed by atoms with van der Waals surface area (Å²) in [5.74, 6) is -0.810. The Balaban J connectivity index is 2.61. The summed E-state index contributed by atoms with van der Waals surface area (Å²) in [6, 6.07) is 3.39. The standard InChI is InChI=1S/C13H15F2N3/c1-3-4-11-12(13(16)18(2)17-11)8-5-9(14)7-10(15)6-8/h5-7H,3-4,16H2,1-2H3. The summed E-state index contributed by atoms with van der Waals surface area (Å²) in [4.78, 5) is 0. The van der Waals surface area contributed by atoms with Crippen LogP contribution in [0, 0.1) is 11.6 Å². The number of nitrogen functional groups attached to an aromatic ring is 1. The third kappa shape index (κ3) is 2.20. The fourth-order valence-electron chi connectivity index (χ4n) is 2.02. The Labute approximate surface area is 104 Å². The van der Waals surface area contributed by atoms with Crippen molar-refractivity contribution >= 4 is 5.82 Å². The van der Waals surface area contributed by atoms with Crippen LogP contribution in [0.15, 0.2) is 18.2 Å². The highest BCUT2D eigenvalue weighted by molar-refractivity contribution is 5.76. The van der Waals surface area contributed by atoms with E-state index in [9.17, 15) is 8.78 Å². The second kappa shape index (κ2) is 4.76. The average Bonchev–Trinajstić information content (AvgIpc) is 2.54. The smallest absolute Gasteiger partial charge is 0.129 e. The van der Waals surface area contributed by atoms with Gasteiger partial charge in [-0.15, -0.1) is 0 Å². The molecular weight excluding hydrogens is 236 g/mol. The van der Waals surface area contributed by atoms with E-state index in [1.54, 1.807) is 7.05 Å². The molecule has 0 saturated carbocycles. The number of aryl methyl sites for hydroxylation is 2. The molecule has 0 radical (unpaired) electrons. The van der Waals surface area contributed by atoms with Gasteiger partial charge in [-0.3, -0.25) is 4.68 Å². The van der Waals surface area contributed by atoms with Crippen LogP contribution in [0.4, 0.5) is 14.6 Å². The third-order valence-electron chi connectivity index (χ3n) is 2.80. The van der Waals surface area contributed by atoms with Crippen LogP contribution >= 0.6 is 0 Å². The molecule has 0 aliphatic heterocycles. The zero-order valence-corrected chi connectivity index (χ0v) is 10.4. The van der Waals surface area contributed by atoms with Crippen molar-refractivity contribution in [1.29, 1.82) is 0 Å². The molecule has 2 N–H and O–H groups in total. The lowest BCUT2D eigenvalue weighted by Gasteiger charge is -2.04. The van der Waals surface area contributed by atoms with Gasteiger partial charge in [0, 0.05) is 18.7 Å². The second-order valence-electron chi connectivity index (χ2n) is 4.24. The van der Waals surface area contributed by atoms with Crippen molar-refractivity contribution in [2.24, 2.45) is 7.05 Å². The average molecular weight is 251 g/mol. The van der Waals surface area contributed by atoms with E-state index in [2.05, 4.69) is 5.10 Å². The van der Waals surface area contributed by atoms with Crippen molar-refractivity contribution in [3.8, 4) is 11.1 Å². The van der Waals surface area contributed by atoms with Gasteiger partial charge in [0.2, 0.25) is 0 Å². The van der Waals surface area contributed by atoms with Crippen LogP contribution in [-0.4, -0.2) is 9.78 Å². The van der Waals surface area contributed by atoms with Crippen molar-refractivity contribution < 1.29 is 8.78 Å². The van der Waals surface area contributed by atoms with E-state index in [0.717, 1.165) is 24.6 Å². The Hall–Kier alpha value is -1.91. The number of aromatic nitrogens is 2. The molecule has 96 valence electrons. The third-order valence-corrected chi connectivity index (χ3v) is 2.80. The summed E-state index contributed by atoms with van der Waals surface area (Å²) in [5, 5.41) is 4.28. The summed E-state index contributed by atoms with van der Waals surface area (Å²) >= 11 is 0. The number of benzene rings is 1. The van der Waals surface area contributed by atoms with Crippen molar-refractivity contribution in [2.45, 2.75) is 19.8 Å². The van der Waals surface area contributed by atoms with Crippen LogP contribution in [0.25, 0.3) is 11.1 Å². The quantitative estimate of drug-likeness (QED) is 0.911. The Kier molecular flexibility index (Phi) is 3.32. The van der Waals surface area contributed by atoms with Gasteiger partial charge < -0.3 is 5.73 Å². The van der Waals surface area contributed by atoms with Crippen molar-refractivity contribution in [3.63, 3.8) is 0 Å². The molecule has 0 amide bonds. The lowest BCUT2D eigenvalue weighted by Crippen LogP contribution is -1.98. The highest BCUT2D eigenvalue weighted by Gasteiger charge is 2.16. The Morgan fingerprint density at radius 2 is 1.83 bits per heavy atom. The number of nitrogens with zero attached hydrogens (tertiary/aromatic N) is 2. The maximum Gasteiger partial charge on any atom is 0.129 e. The summed E-state index contributed by atoms with van der Waals surface area (Å²) in [6.45, 7) is 2.01. The predicted molar refractivity (Wildman–Crippen MR) is 67.0 cm³/mol. The number of nitrogens with two attached hydrogens (primary N) is 1. The number of rotatable bonds is 3. The molecule has 2 aromatic rings. The van der Waals surface area contributed by atoms with Crippen molar-refractivity contribution in [1.82, 2.24) is 9.78 Å². The van der Waals surface area contributed by atoms with E-state index in [1.165, 1.54) is 16.8 Å². The molecule has 1 aromatic heterocycles. The molecule has 0 aliphatic rings. The van der Waals surface area contributed by atoms with Gasteiger partial charge in [0.1, 0.15) is 17.5 Å². The number of hydrogen-bond acceptors (Lipinski definition) is 2. The zero-order valence-electron chi connectivity index (χ0n) is 10.4. The van der Waals surface area contributed by atoms with Gasteiger partial charge in [0.25, 0.3) is 0 Å². The monoisotopic (exact) mass is 251 g/mol. The van der Waals surface area contributed by atoms with Crippen LogP contribution in [0.1, 0.15) is 19.0 Å². The molecule has 0 saturated heterocycles. The van der Waals surface area contributed by atoms with E-state index < -0.39 is 11.6 Å². The number of halogens is 2. The van der Waals surface area contributed by atoms with Crippen molar-refractivity contribution in [2.75, 3.05) is 5.73 Å². The second-order valence-corrected chi connectivity index (χ2v) is 4.24. The molecule has 2 rings (SSSR count). The molecule has 3 nitrogen and oxygen atoms in total. The Bertz CT molecular complexity index is 556. The first-order chi connectivity index (χ1) is 8.52. The highest BCUT2D eigenvalue weighted by Crippen LogP contribution is 2.31. The molecular formula is C13H15F2N3. The highest BCUT2D eigenvalue weighted by atomic mass is 19.1. The molecule has 18 heavy (non-hydrogen) atoms. The maximum absolute atomic E-state index is 13.3. The SMILES string of the molecule is CCCc1nn(C)c(N)c1-c1cc(F)cc(F)c1. The summed E-state index contributed by atoms with van der Waals surface area (Å²) < 4.78 is 28.1. The lowest BCUT2D eigenvalue weighted by molar-refractivity contribution is 0.584. The number of anilines is 1. The Morgan fingerprint density at radius 3 is 2.39 bits per heavy atom. The Morgan fingerprint density at radius 1 is 1.22 bits per heavy atom. The summed E-state index contributed by atoms with van der Waals surface area (Å²) in [5.41, 5.74) is 7.74. The fourth-order valence-corrected chi connectivity index (χ4v) is 2.02. The first-order valence-corrected chi connectivity index (χ1v) is 5.80. The molecule has 1 aromatic carbocycles. The molecule has 5 heteroatoms. The first-order valence-electron chi connectivity index (χ1n) is 5.80. The van der Waals surface area contributed by atoms with Gasteiger partial charge in [-0.25, -0.2) is 8.78 Å². The molecule has 0 aliphatic carbocycles. The van der Waals surface area contributed by atoms with E-state index in [0.29, 0.717) is 16.9 Å².